The van der Waals surface area contributed by atoms with Crippen molar-refractivity contribution in [1.82, 2.24) is 30.0 Å². The van der Waals surface area contributed by atoms with Crippen LogP contribution in [0.1, 0.15) is 35.6 Å². The smallest absolute Gasteiger partial charge is 0.435 e. The summed E-state index contributed by atoms with van der Waals surface area (Å²) < 4.78 is 63.3. The Morgan fingerprint density at radius 3 is 2.31 bits per heavy atom. The molecule has 13 nitrogen and oxygen atoms in total. The van der Waals surface area contributed by atoms with Crippen LogP contribution in [0.15, 0.2) is 42.7 Å². The van der Waals surface area contributed by atoms with Crippen LogP contribution in [0.3, 0.4) is 0 Å². The molecule has 0 unspecified atom stereocenters. The zero-order valence-electron chi connectivity index (χ0n) is 25.0. The summed E-state index contributed by atoms with van der Waals surface area (Å²) in [5.74, 6) is -0.137. The summed E-state index contributed by atoms with van der Waals surface area (Å²) in [4.78, 5) is 37.2. The van der Waals surface area contributed by atoms with Crippen molar-refractivity contribution in [1.29, 1.82) is 0 Å². The van der Waals surface area contributed by atoms with Gasteiger partial charge < -0.3 is 29.6 Å². The summed E-state index contributed by atoms with van der Waals surface area (Å²) in [6, 6.07) is 7.26. The molecule has 3 aromatic heterocycles. The highest BCUT2D eigenvalue weighted by Crippen LogP contribution is 2.34. The maximum atomic E-state index is 13.6. The fourth-order valence-electron chi connectivity index (χ4n) is 4.08. The van der Waals surface area contributed by atoms with Crippen LogP contribution in [0.25, 0.3) is 16.9 Å². The predicted octanol–water partition coefficient (Wildman–Crippen LogP) is 4.50. The molecule has 4 rings (SSSR count). The third kappa shape index (κ3) is 7.95. The molecule has 4 aromatic rings. The van der Waals surface area contributed by atoms with Crippen LogP contribution < -0.4 is 24.8 Å². The van der Waals surface area contributed by atoms with Crippen LogP contribution in [0.2, 0.25) is 0 Å². The van der Waals surface area contributed by atoms with Gasteiger partial charge in [-0.1, -0.05) is 0 Å². The number of amides is 1. The standard InChI is InChI=1S/C29H30F3N7O6/c1-6-44-27(41)22-10-18(14-34-26(22)45-8-7-33-17(3)40)23-15-35-28(36-19-11-20(42-4)13-21(12-19)43-5)37-25(23)39-16(2)9-24(38-39)29(30,31)32/h9-15H,6-8H2,1-5H3,(H,33,40)(H,35,36,37). The van der Waals surface area contributed by atoms with E-state index in [4.69, 9.17) is 18.9 Å². The summed E-state index contributed by atoms with van der Waals surface area (Å²) in [6.45, 7) is 4.65. The Balaban J connectivity index is 1.83. The number of carbonyl (C=O) groups is 2. The van der Waals surface area contributed by atoms with E-state index in [1.165, 1.54) is 46.5 Å². The van der Waals surface area contributed by atoms with Crippen LogP contribution in [0.4, 0.5) is 24.8 Å². The molecule has 1 aromatic carbocycles. The molecule has 0 fully saturated rings. The molecule has 0 atom stereocenters. The number of alkyl halides is 3. The molecule has 0 aliphatic rings. The normalized spacial score (nSPS) is 11.1. The Hall–Kier alpha value is -5.41. The third-order valence-electron chi connectivity index (χ3n) is 6.13. The van der Waals surface area contributed by atoms with Gasteiger partial charge in [-0.3, -0.25) is 4.79 Å². The fraction of sp³-hybridized carbons (Fsp3) is 0.310. The first-order valence-electron chi connectivity index (χ1n) is 13.5. The number of halogens is 3. The highest BCUT2D eigenvalue weighted by molar-refractivity contribution is 5.93. The molecule has 2 N–H and O–H groups in total. The quantitative estimate of drug-likeness (QED) is 0.168. The number of aryl methyl sites for hydroxylation is 1. The number of esters is 1. The first kappa shape index (κ1) is 32.5. The lowest BCUT2D eigenvalue weighted by Crippen LogP contribution is -2.26. The Morgan fingerprint density at radius 1 is 1.00 bits per heavy atom. The predicted molar refractivity (Wildman–Crippen MR) is 155 cm³/mol. The van der Waals surface area contributed by atoms with Crippen molar-refractivity contribution in [3.8, 4) is 34.3 Å². The molecular formula is C29H30F3N7O6. The van der Waals surface area contributed by atoms with E-state index in [9.17, 15) is 22.8 Å². The SMILES string of the molecule is CCOC(=O)c1cc(-c2cnc(Nc3cc(OC)cc(OC)c3)nc2-n2nc(C(F)(F)F)cc2C)cnc1OCCNC(C)=O. The Morgan fingerprint density at radius 2 is 1.71 bits per heavy atom. The minimum absolute atomic E-state index is 0.00875. The number of aromatic nitrogens is 5. The molecule has 238 valence electrons. The zero-order chi connectivity index (χ0) is 32.7. The van der Waals surface area contributed by atoms with Crippen LogP contribution in [-0.4, -0.2) is 70.6 Å². The number of methoxy groups -OCH3 is 2. The van der Waals surface area contributed by atoms with Crippen LogP contribution in [0, 0.1) is 6.92 Å². The van der Waals surface area contributed by atoms with Crippen LogP contribution >= 0.6 is 0 Å². The maximum Gasteiger partial charge on any atom is 0.435 e. The summed E-state index contributed by atoms with van der Waals surface area (Å²) >= 11 is 0. The van der Waals surface area contributed by atoms with Gasteiger partial charge in [0, 0.05) is 60.0 Å². The summed E-state index contributed by atoms with van der Waals surface area (Å²) in [6.07, 6.45) is -2.00. The molecule has 0 aliphatic heterocycles. The second kappa shape index (κ2) is 13.9. The van der Waals surface area contributed by atoms with Gasteiger partial charge >= 0.3 is 12.1 Å². The molecular weight excluding hydrogens is 599 g/mol. The van der Waals surface area contributed by atoms with Gasteiger partial charge in [0.2, 0.25) is 17.7 Å². The van der Waals surface area contributed by atoms with Crippen molar-refractivity contribution >= 4 is 23.5 Å². The monoisotopic (exact) mass is 629 g/mol. The fourth-order valence-corrected chi connectivity index (χ4v) is 4.08. The number of hydrogen-bond acceptors (Lipinski definition) is 11. The van der Waals surface area contributed by atoms with E-state index in [1.807, 2.05) is 0 Å². The van der Waals surface area contributed by atoms with E-state index < -0.39 is 17.8 Å². The summed E-state index contributed by atoms with van der Waals surface area (Å²) in [5.41, 5.74) is -0.100. The molecule has 16 heteroatoms. The Kier molecular flexibility index (Phi) is 10.1. The third-order valence-corrected chi connectivity index (χ3v) is 6.13. The van der Waals surface area contributed by atoms with Crippen molar-refractivity contribution in [3.05, 3.63) is 59.7 Å². The van der Waals surface area contributed by atoms with E-state index in [0.717, 1.165) is 10.7 Å². The Labute approximate surface area is 255 Å². The average molecular weight is 630 g/mol. The summed E-state index contributed by atoms with van der Waals surface area (Å²) in [7, 11) is 2.97. The van der Waals surface area contributed by atoms with Crippen molar-refractivity contribution in [3.63, 3.8) is 0 Å². The number of ether oxygens (including phenoxy) is 4. The highest BCUT2D eigenvalue weighted by atomic mass is 19.4. The molecule has 0 aliphatic carbocycles. The van der Waals surface area contributed by atoms with E-state index >= 15 is 0 Å². The molecule has 3 heterocycles. The molecule has 0 saturated carbocycles. The molecule has 45 heavy (non-hydrogen) atoms. The number of nitrogens with zero attached hydrogens (tertiary/aromatic N) is 5. The van der Waals surface area contributed by atoms with Gasteiger partial charge in [0.05, 0.1) is 27.4 Å². The van der Waals surface area contributed by atoms with E-state index in [0.29, 0.717) is 17.2 Å². The van der Waals surface area contributed by atoms with Crippen LogP contribution in [-0.2, 0) is 15.7 Å². The average Bonchev–Trinajstić information content (AvgIpc) is 3.41. The van der Waals surface area contributed by atoms with Gasteiger partial charge in [0.15, 0.2) is 11.5 Å². The lowest BCUT2D eigenvalue weighted by molar-refractivity contribution is -0.141. The number of pyridine rings is 1. The lowest BCUT2D eigenvalue weighted by Gasteiger charge is -2.15. The maximum absolute atomic E-state index is 13.6. The minimum atomic E-state index is -4.71. The van der Waals surface area contributed by atoms with Gasteiger partial charge in [-0.25, -0.2) is 19.4 Å². The second-order valence-corrected chi connectivity index (χ2v) is 9.37. The first-order chi connectivity index (χ1) is 21.4. The lowest BCUT2D eigenvalue weighted by atomic mass is 10.1. The van der Waals surface area contributed by atoms with Crippen molar-refractivity contribution in [2.75, 3.05) is 39.3 Å². The van der Waals surface area contributed by atoms with Crippen molar-refractivity contribution in [2.45, 2.75) is 26.9 Å². The topological polar surface area (TPSA) is 152 Å². The van der Waals surface area contributed by atoms with Crippen molar-refractivity contribution in [2.24, 2.45) is 0 Å². The van der Waals surface area contributed by atoms with E-state index in [1.54, 1.807) is 25.1 Å². The summed E-state index contributed by atoms with van der Waals surface area (Å²) in [5, 5.41) is 9.35. The minimum Gasteiger partial charge on any atom is -0.497 e. The number of nitrogens with one attached hydrogen (secondary N) is 2. The second-order valence-electron chi connectivity index (χ2n) is 9.37. The zero-order valence-corrected chi connectivity index (χ0v) is 25.0. The molecule has 0 saturated heterocycles. The first-order valence-corrected chi connectivity index (χ1v) is 13.5. The number of anilines is 2. The number of carbonyl (C=O) groups excluding carboxylic acids is 2. The van der Waals surface area contributed by atoms with E-state index in [-0.39, 0.29) is 65.7 Å². The van der Waals surface area contributed by atoms with Crippen LogP contribution in [0.5, 0.6) is 17.4 Å². The molecule has 0 radical (unpaired) electrons. The number of hydrogen-bond donors (Lipinski definition) is 2. The van der Waals surface area contributed by atoms with Gasteiger partial charge in [-0.2, -0.15) is 23.3 Å². The number of benzene rings is 1. The largest absolute Gasteiger partial charge is 0.497 e. The highest BCUT2D eigenvalue weighted by Gasteiger charge is 2.35. The van der Waals surface area contributed by atoms with Gasteiger partial charge in [-0.05, 0) is 26.0 Å². The van der Waals surface area contributed by atoms with Gasteiger partial charge in [0.25, 0.3) is 0 Å². The van der Waals surface area contributed by atoms with Gasteiger partial charge in [-0.15, -0.1) is 0 Å². The molecule has 1 amide bonds. The Bertz CT molecular complexity index is 1670. The van der Waals surface area contributed by atoms with Crippen molar-refractivity contribution < 1.29 is 41.7 Å². The molecule has 0 bridgehead atoms. The van der Waals surface area contributed by atoms with E-state index in [2.05, 4.69) is 30.7 Å². The van der Waals surface area contributed by atoms with Gasteiger partial charge in [0.1, 0.15) is 23.7 Å². The molecule has 0 spiro atoms. The number of rotatable bonds is 12.